The first-order valence-corrected chi connectivity index (χ1v) is 8.26. The quantitative estimate of drug-likeness (QED) is 0.531. The summed E-state index contributed by atoms with van der Waals surface area (Å²) >= 11 is 0. The molecular weight excluding hydrogens is 348 g/mol. The van der Waals surface area contributed by atoms with Gasteiger partial charge in [-0.15, -0.1) is 0 Å². The van der Waals surface area contributed by atoms with Crippen LogP contribution in [0.2, 0.25) is 0 Å². The van der Waals surface area contributed by atoms with E-state index in [0.29, 0.717) is 5.75 Å². The molecule has 0 saturated carbocycles. The average Bonchev–Trinajstić information content (AvgIpc) is 3.05. The molecule has 3 rings (SSSR count). The maximum atomic E-state index is 12.4. The molecule has 0 fully saturated rings. The highest BCUT2D eigenvalue weighted by Crippen LogP contribution is 2.24. The van der Waals surface area contributed by atoms with E-state index in [1.54, 1.807) is 19.1 Å². The highest BCUT2D eigenvalue weighted by atomic mass is 16.6. The number of carbonyl (C=O) groups is 1. The summed E-state index contributed by atoms with van der Waals surface area (Å²) in [7, 11) is 1.53. The molecule has 0 saturated heterocycles. The van der Waals surface area contributed by atoms with Crippen molar-refractivity contribution in [3.05, 3.63) is 82.2 Å². The molecule has 27 heavy (non-hydrogen) atoms. The van der Waals surface area contributed by atoms with Gasteiger partial charge in [0.2, 0.25) is 5.69 Å². The minimum Gasteiger partial charge on any atom is -0.457 e. The third kappa shape index (κ3) is 4.30. The number of nitrogens with one attached hydrogen (secondary N) is 1. The van der Waals surface area contributed by atoms with Crippen LogP contribution in [0.4, 0.5) is 5.69 Å². The highest BCUT2D eigenvalue weighted by Gasteiger charge is 2.26. The Labute approximate surface area is 155 Å². The number of nitro groups is 1. The second-order valence-electron chi connectivity index (χ2n) is 5.97. The Kier molecular flexibility index (Phi) is 5.16. The van der Waals surface area contributed by atoms with E-state index < -0.39 is 10.8 Å². The van der Waals surface area contributed by atoms with Crippen LogP contribution in [0.15, 0.2) is 60.8 Å². The number of rotatable bonds is 6. The van der Waals surface area contributed by atoms with Crippen LogP contribution in [-0.4, -0.2) is 20.6 Å². The summed E-state index contributed by atoms with van der Waals surface area (Å²) in [6.07, 6.45) is 1.20. The molecule has 3 aromatic rings. The number of para-hydroxylation sites is 1. The number of aryl methyl sites for hydroxylation is 1. The Bertz CT molecular complexity index is 952. The molecular formula is C19H18N4O4. The van der Waals surface area contributed by atoms with E-state index in [1.807, 2.05) is 42.5 Å². The lowest BCUT2D eigenvalue weighted by atomic mass is 10.1. The molecule has 0 radical (unpaired) electrons. The fourth-order valence-corrected chi connectivity index (χ4v) is 2.57. The van der Waals surface area contributed by atoms with Crippen molar-refractivity contribution in [2.45, 2.75) is 13.0 Å². The van der Waals surface area contributed by atoms with Gasteiger partial charge in [0.05, 0.1) is 11.0 Å². The molecule has 0 spiro atoms. The molecule has 0 aliphatic heterocycles. The Hall–Kier alpha value is -3.68. The van der Waals surface area contributed by atoms with Gasteiger partial charge in [-0.3, -0.25) is 19.6 Å². The number of hydrogen-bond acceptors (Lipinski definition) is 5. The van der Waals surface area contributed by atoms with Crippen LogP contribution in [0.1, 0.15) is 29.0 Å². The summed E-state index contributed by atoms with van der Waals surface area (Å²) < 4.78 is 6.98. The zero-order chi connectivity index (χ0) is 19.4. The maximum Gasteiger partial charge on any atom is 0.320 e. The van der Waals surface area contributed by atoms with Gasteiger partial charge in [-0.1, -0.05) is 30.3 Å². The van der Waals surface area contributed by atoms with E-state index in [9.17, 15) is 14.9 Å². The fourth-order valence-electron chi connectivity index (χ4n) is 2.57. The van der Waals surface area contributed by atoms with Crippen molar-refractivity contribution in [2.24, 2.45) is 7.05 Å². The van der Waals surface area contributed by atoms with Gasteiger partial charge in [0, 0.05) is 7.05 Å². The first-order chi connectivity index (χ1) is 12.9. The Balaban J connectivity index is 1.68. The molecule has 138 valence electrons. The second kappa shape index (κ2) is 7.69. The number of amides is 1. The minimum atomic E-state index is -0.623. The molecule has 8 heteroatoms. The van der Waals surface area contributed by atoms with Crippen LogP contribution in [0.25, 0.3) is 0 Å². The lowest BCUT2D eigenvalue weighted by Crippen LogP contribution is -2.27. The Morgan fingerprint density at radius 1 is 1.15 bits per heavy atom. The lowest BCUT2D eigenvalue weighted by molar-refractivity contribution is -0.385. The predicted molar refractivity (Wildman–Crippen MR) is 98.7 cm³/mol. The van der Waals surface area contributed by atoms with Gasteiger partial charge in [0.25, 0.3) is 5.91 Å². The van der Waals surface area contributed by atoms with Crippen molar-refractivity contribution >= 4 is 11.6 Å². The first kappa shape index (κ1) is 18.1. The molecule has 0 bridgehead atoms. The van der Waals surface area contributed by atoms with Crippen molar-refractivity contribution < 1.29 is 14.5 Å². The van der Waals surface area contributed by atoms with E-state index in [2.05, 4.69) is 10.4 Å². The smallest absolute Gasteiger partial charge is 0.320 e. The summed E-state index contributed by atoms with van der Waals surface area (Å²) in [5, 5.41) is 17.7. The fraction of sp³-hybridized carbons (Fsp3) is 0.158. The summed E-state index contributed by atoms with van der Waals surface area (Å²) in [5.74, 6) is 0.803. The number of ether oxygens (including phenoxy) is 1. The molecule has 0 aliphatic carbocycles. The molecule has 1 amide bonds. The molecule has 0 aliphatic rings. The normalized spacial score (nSPS) is 11.6. The van der Waals surface area contributed by atoms with Gasteiger partial charge in [-0.2, -0.15) is 5.10 Å². The predicted octanol–water partition coefficient (Wildman–Crippen LogP) is 3.61. The van der Waals surface area contributed by atoms with E-state index >= 15 is 0 Å². The Morgan fingerprint density at radius 3 is 2.41 bits per heavy atom. The summed E-state index contributed by atoms with van der Waals surface area (Å²) in [6.45, 7) is 1.79. The van der Waals surface area contributed by atoms with E-state index in [-0.39, 0.29) is 17.4 Å². The lowest BCUT2D eigenvalue weighted by Gasteiger charge is -2.14. The molecule has 8 nitrogen and oxygen atoms in total. The van der Waals surface area contributed by atoms with Crippen molar-refractivity contribution in [1.82, 2.24) is 15.1 Å². The van der Waals surface area contributed by atoms with Gasteiger partial charge in [0.15, 0.2) is 0 Å². The third-order valence-electron chi connectivity index (χ3n) is 3.93. The van der Waals surface area contributed by atoms with Gasteiger partial charge in [-0.25, -0.2) is 0 Å². The topological polar surface area (TPSA) is 99.3 Å². The Morgan fingerprint density at radius 2 is 1.78 bits per heavy atom. The largest absolute Gasteiger partial charge is 0.457 e. The van der Waals surface area contributed by atoms with Gasteiger partial charge in [0.1, 0.15) is 17.7 Å². The SMILES string of the molecule is CC(NC(=O)c1nn(C)cc1[N+](=O)[O-])c1ccc(Oc2ccccc2)cc1. The second-order valence-corrected chi connectivity index (χ2v) is 5.97. The van der Waals surface area contributed by atoms with Crippen molar-refractivity contribution in [1.29, 1.82) is 0 Å². The molecule has 1 N–H and O–H groups in total. The summed E-state index contributed by atoms with van der Waals surface area (Å²) in [5.41, 5.74) is 0.300. The number of hydrogen-bond donors (Lipinski definition) is 1. The number of aromatic nitrogens is 2. The first-order valence-electron chi connectivity index (χ1n) is 8.26. The van der Waals surface area contributed by atoms with Crippen molar-refractivity contribution in [3.63, 3.8) is 0 Å². The van der Waals surface area contributed by atoms with Gasteiger partial charge in [-0.05, 0) is 36.8 Å². The number of carbonyl (C=O) groups excluding carboxylic acids is 1. The molecule has 1 atom stereocenters. The zero-order valence-electron chi connectivity index (χ0n) is 14.8. The number of benzene rings is 2. The van der Waals surface area contributed by atoms with Crippen LogP contribution in [-0.2, 0) is 7.05 Å². The molecule has 1 aromatic heterocycles. The maximum absolute atomic E-state index is 12.4. The van der Waals surface area contributed by atoms with E-state index in [0.717, 1.165) is 11.3 Å². The molecule has 1 heterocycles. The summed E-state index contributed by atoms with van der Waals surface area (Å²) in [4.78, 5) is 22.8. The highest BCUT2D eigenvalue weighted by molar-refractivity contribution is 5.96. The van der Waals surface area contributed by atoms with E-state index in [4.69, 9.17) is 4.74 Å². The van der Waals surface area contributed by atoms with Crippen LogP contribution in [0.3, 0.4) is 0 Å². The van der Waals surface area contributed by atoms with Crippen molar-refractivity contribution in [3.8, 4) is 11.5 Å². The monoisotopic (exact) mass is 366 g/mol. The third-order valence-corrected chi connectivity index (χ3v) is 3.93. The number of nitrogens with zero attached hydrogens (tertiary/aromatic N) is 3. The minimum absolute atomic E-state index is 0.210. The van der Waals surface area contributed by atoms with Crippen LogP contribution >= 0.6 is 0 Å². The average molecular weight is 366 g/mol. The molecule has 2 aromatic carbocycles. The van der Waals surface area contributed by atoms with Crippen LogP contribution in [0.5, 0.6) is 11.5 Å². The van der Waals surface area contributed by atoms with Gasteiger partial charge >= 0.3 is 5.69 Å². The van der Waals surface area contributed by atoms with Gasteiger partial charge < -0.3 is 10.1 Å². The zero-order valence-corrected chi connectivity index (χ0v) is 14.8. The van der Waals surface area contributed by atoms with E-state index in [1.165, 1.54) is 17.9 Å². The van der Waals surface area contributed by atoms with Crippen molar-refractivity contribution in [2.75, 3.05) is 0 Å². The standard InChI is InChI=1S/C19H18N4O4/c1-13(20-19(24)18-17(23(25)26)12-22(2)21-18)14-8-10-16(11-9-14)27-15-6-4-3-5-7-15/h3-13H,1-2H3,(H,20,24). The summed E-state index contributed by atoms with van der Waals surface area (Å²) in [6, 6.07) is 16.3. The van der Waals surface area contributed by atoms with Crippen LogP contribution in [0, 0.1) is 10.1 Å². The van der Waals surface area contributed by atoms with Crippen LogP contribution < -0.4 is 10.1 Å². The molecule has 1 unspecified atom stereocenters.